The Labute approximate surface area is 134 Å². The molecular weight excluding hydrogens is 322 g/mol. The van der Waals surface area contributed by atoms with Gasteiger partial charge in [-0.2, -0.15) is 0 Å². The van der Waals surface area contributed by atoms with E-state index in [1.165, 1.54) is 26.0 Å². The first-order chi connectivity index (χ1) is 11.2. The van der Waals surface area contributed by atoms with Crippen molar-refractivity contribution in [2.24, 2.45) is 0 Å². The SMILES string of the molecule is Cc1cc(OC(=O)c2ccc(C)c([N+](=O)[O-])c2)c([N+](=O)[O-])c(=O)[nH]1. The first-order valence-corrected chi connectivity index (χ1v) is 6.56. The van der Waals surface area contributed by atoms with Crippen molar-refractivity contribution in [1.82, 2.24) is 4.98 Å². The normalized spacial score (nSPS) is 10.2. The number of carbonyl (C=O) groups excluding carboxylic acids is 1. The van der Waals surface area contributed by atoms with Gasteiger partial charge in [0.15, 0.2) is 0 Å². The molecule has 0 fully saturated rings. The molecule has 0 saturated heterocycles. The molecule has 2 aromatic rings. The summed E-state index contributed by atoms with van der Waals surface area (Å²) in [6.07, 6.45) is 0. The smallest absolute Gasteiger partial charge is 0.376 e. The number of rotatable bonds is 4. The zero-order valence-electron chi connectivity index (χ0n) is 12.6. The molecule has 0 saturated carbocycles. The summed E-state index contributed by atoms with van der Waals surface area (Å²) >= 11 is 0. The third-order valence-electron chi connectivity index (χ3n) is 3.13. The molecule has 0 unspecified atom stereocenters. The van der Waals surface area contributed by atoms with Gasteiger partial charge in [0.05, 0.1) is 15.4 Å². The molecule has 10 heteroatoms. The van der Waals surface area contributed by atoms with Crippen LogP contribution < -0.4 is 10.3 Å². The Morgan fingerprint density at radius 2 is 1.79 bits per heavy atom. The van der Waals surface area contributed by atoms with Crippen LogP contribution >= 0.6 is 0 Å². The minimum absolute atomic E-state index is 0.167. The Hall–Kier alpha value is -3.56. The molecular formula is C14H11N3O7. The molecule has 2 rings (SSSR count). The standard InChI is InChI=1S/C14H11N3O7/c1-7-3-4-9(6-10(7)16(20)21)14(19)24-11-5-8(2)15-13(18)12(11)17(22)23/h3-6H,1-2H3,(H,15,18). The molecule has 0 amide bonds. The van der Waals surface area contributed by atoms with Gasteiger partial charge in [0.1, 0.15) is 0 Å². The minimum Gasteiger partial charge on any atom is -0.415 e. The van der Waals surface area contributed by atoms with Gasteiger partial charge in [0.25, 0.3) is 5.69 Å². The van der Waals surface area contributed by atoms with Crippen LogP contribution in [0.2, 0.25) is 0 Å². The van der Waals surface area contributed by atoms with Crippen molar-refractivity contribution in [3.63, 3.8) is 0 Å². The number of nitrogens with one attached hydrogen (secondary N) is 1. The molecule has 0 aliphatic heterocycles. The van der Waals surface area contributed by atoms with E-state index in [4.69, 9.17) is 4.74 Å². The number of nitrogens with zero attached hydrogens (tertiary/aromatic N) is 2. The van der Waals surface area contributed by atoms with Gasteiger partial charge in [-0.15, -0.1) is 0 Å². The molecule has 24 heavy (non-hydrogen) atoms. The third kappa shape index (κ3) is 3.27. The van der Waals surface area contributed by atoms with Gasteiger partial charge in [-0.25, -0.2) is 4.79 Å². The fourth-order valence-corrected chi connectivity index (χ4v) is 1.99. The summed E-state index contributed by atoms with van der Waals surface area (Å²) in [4.78, 5) is 46.2. The van der Waals surface area contributed by atoms with E-state index in [0.29, 0.717) is 5.56 Å². The Morgan fingerprint density at radius 3 is 2.38 bits per heavy atom. The number of carbonyl (C=O) groups is 1. The summed E-state index contributed by atoms with van der Waals surface area (Å²) in [5.41, 5.74) is -1.80. The van der Waals surface area contributed by atoms with Crippen LogP contribution in [0.1, 0.15) is 21.6 Å². The van der Waals surface area contributed by atoms with Gasteiger partial charge in [-0.05, 0) is 19.9 Å². The summed E-state index contributed by atoms with van der Waals surface area (Å²) in [6, 6.07) is 4.77. The topological polar surface area (TPSA) is 145 Å². The lowest BCUT2D eigenvalue weighted by atomic mass is 10.1. The molecule has 124 valence electrons. The minimum atomic E-state index is -1.05. The zero-order valence-corrected chi connectivity index (χ0v) is 12.6. The number of ether oxygens (including phenoxy) is 1. The van der Waals surface area contributed by atoms with Gasteiger partial charge in [0, 0.05) is 23.4 Å². The number of aromatic nitrogens is 1. The van der Waals surface area contributed by atoms with E-state index in [1.807, 2.05) is 0 Å². The van der Waals surface area contributed by atoms with Gasteiger partial charge >= 0.3 is 17.2 Å². The van der Waals surface area contributed by atoms with Gasteiger partial charge in [-0.3, -0.25) is 25.0 Å². The lowest BCUT2D eigenvalue weighted by Crippen LogP contribution is -2.17. The maximum atomic E-state index is 12.1. The van der Waals surface area contributed by atoms with Crippen molar-refractivity contribution >= 4 is 17.3 Å². The second-order valence-corrected chi connectivity index (χ2v) is 4.90. The number of aryl methyl sites for hydroxylation is 2. The highest BCUT2D eigenvalue weighted by atomic mass is 16.6. The highest BCUT2D eigenvalue weighted by Crippen LogP contribution is 2.25. The van der Waals surface area contributed by atoms with Gasteiger partial charge < -0.3 is 9.72 Å². The molecule has 1 aromatic heterocycles. The molecule has 1 aromatic carbocycles. The van der Waals surface area contributed by atoms with Gasteiger partial charge in [0.2, 0.25) is 5.75 Å². The molecule has 0 radical (unpaired) electrons. The maximum Gasteiger partial charge on any atom is 0.376 e. The maximum absolute atomic E-state index is 12.1. The van der Waals surface area contributed by atoms with Crippen molar-refractivity contribution in [2.75, 3.05) is 0 Å². The molecule has 0 aliphatic rings. The average Bonchev–Trinajstić information content (AvgIpc) is 2.45. The van der Waals surface area contributed by atoms with E-state index in [9.17, 15) is 29.8 Å². The molecule has 1 heterocycles. The number of H-pyrrole nitrogens is 1. The molecule has 0 spiro atoms. The second-order valence-electron chi connectivity index (χ2n) is 4.90. The first kappa shape index (κ1) is 16.8. The third-order valence-corrected chi connectivity index (χ3v) is 3.13. The first-order valence-electron chi connectivity index (χ1n) is 6.56. The summed E-state index contributed by atoms with van der Waals surface area (Å²) in [7, 11) is 0. The molecule has 1 N–H and O–H groups in total. The van der Waals surface area contributed by atoms with Crippen molar-refractivity contribution < 1.29 is 19.4 Å². The van der Waals surface area contributed by atoms with E-state index in [-0.39, 0.29) is 16.9 Å². The molecule has 0 aliphatic carbocycles. The van der Waals surface area contributed by atoms with Crippen LogP contribution in [0.5, 0.6) is 5.75 Å². The van der Waals surface area contributed by atoms with E-state index >= 15 is 0 Å². The van der Waals surface area contributed by atoms with Crippen molar-refractivity contribution in [3.05, 3.63) is 71.7 Å². The highest BCUT2D eigenvalue weighted by Gasteiger charge is 2.25. The fraction of sp³-hybridized carbons (Fsp3) is 0.143. The Balaban J connectivity index is 2.44. The predicted octanol–water partition coefficient (Wildman–Crippen LogP) is 2.03. The lowest BCUT2D eigenvalue weighted by molar-refractivity contribution is -0.387. The number of hydrogen-bond donors (Lipinski definition) is 1. The lowest BCUT2D eigenvalue weighted by Gasteiger charge is -2.06. The van der Waals surface area contributed by atoms with Crippen molar-refractivity contribution in [1.29, 1.82) is 0 Å². The van der Waals surface area contributed by atoms with E-state index in [1.54, 1.807) is 0 Å². The highest BCUT2D eigenvalue weighted by molar-refractivity contribution is 5.92. The summed E-state index contributed by atoms with van der Waals surface area (Å²) in [6.45, 7) is 2.96. The second kappa shape index (κ2) is 6.28. The molecule has 10 nitrogen and oxygen atoms in total. The zero-order chi connectivity index (χ0) is 18.0. The van der Waals surface area contributed by atoms with Crippen LogP contribution in [0, 0.1) is 34.1 Å². The largest absolute Gasteiger partial charge is 0.415 e. The molecule has 0 bridgehead atoms. The number of esters is 1. The number of hydrogen-bond acceptors (Lipinski definition) is 7. The quantitative estimate of drug-likeness (QED) is 0.511. The number of aromatic amines is 1. The number of nitro groups is 2. The Kier molecular flexibility index (Phi) is 4.40. The Bertz CT molecular complexity index is 917. The van der Waals surface area contributed by atoms with Gasteiger partial charge in [-0.1, -0.05) is 6.07 Å². The van der Waals surface area contributed by atoms with Crippen LogP contribution in [0.4, 0.5) is 11.4 Å². The summed E-state index contributed by atoms with van der Waals surface area (Å²) in [5, 5.41) is 21.9. The van der Waals surface area contributed by atoms with Crippen LogP contribution in [0.3, 0.4) is 0 Å². The number of benzene rings is 1. The van der Waals surface area contributed by atoms with Crippen LogP contribution in [-0.2, 0) is 0 Å². The van der Waals surface area contributed by atoms with Crippen LogP contribution in [0.25, 0.3) is 0 Å². The van der Waals surface area contributed by atoms with Crippen LogP contribution in [0.15, 0.2) is 29.1 Å². The Morgan fingerprint density at radius 1 is 1.12 bits per heavy atom. The van der Waals surface area contributed by atoms with Crippen LogP contribution in [-0.4, -0.2) is 20.8 Å². The fourth-order valence-electron chi connectivity index (χ4n) is 1.99. The monoisotopic (exact) mass is 333 g/mol. The van der Waals surface area contributed by atoms with E-state index in [2.05, 4.69) is 4.98 Å². The van der Waals surface area contributed by atoms with E-state index in [0.717, 1.165) is 12.1 Å². The number of nitro benzene ring substituents is 1. The van der Waals surface area contributed by atoms with Crippen molar-refractivity contribution in [3.8, 4) is 5.75 Å². The summed E-state index contributed by atoms with van der Waals surface area (Å²) < 4.78 is 4.91. The molecule has 0 atom stereocenters. The van der Waals surface area contributed by atoms with Crippen molar-refractivity contribution in [2.45, 2.75) is 13.8 Å². The average molecular weight is 333 g/mol. The predicted molar refractivity (Wildman–Crippen MR) is 81.2 cm³/mol. The van der Waals surface area contributed by atoms with E-state index < -0.39 is 32.8 Å². The summed E-state index contributed by atoms with van der Waals surface area (Å²) in [5.74, 6) is -1.58. The number of pyridine rings is 1.